The van der Waals surface area contributed by atoms with E-state index in [1.54, 1.807) is 0 Å². The average Bonchev–Trinajstić information content (AvgIpc) is 3.12. The zero-order valence-corrected chi connectivity index (χ0v) is 33.9. The third-order valence-electron chi connectivity index (χ3n) is 11.3. The lowest BCUT2D eigenvalue weighted by Gasteiger charge is -2.42. The van der Waals surface area contributed by atoms with Crippen LogP contribution in [0.1, 0.15) is 245 Å². The molecule has 0 aliphatic rings. The molecule has 0 aromatic rings. The van der Waals surface area contributed by atoms with Gasteiger partial charge in [0.05, 0.1) is 6.61 Å². The van der Waals surface area contributed by atoms with Gasteiger partial charge in [-0.3, -0.25) is 9.59 Å². The van der Waals surface area contributed by atoms with Gasteiger partial charge in [0, 0.05) is 6.42 Å². The Hall–Kier alpha value is -1.02. The molecule has 0 saturated carbocycles. The lowest BCUT2D eigenvalue weighted by molar-refractivity contribution is -0.190. The summed E-state index contributed by atoms with van der Waals surface area (Å²) in [6, 6.07) is -1.23. The van der Waals surface area contributed by atoms with E-state index in [2.05, 4.69) is 13.8 Å². The highest BCUT2D eigenvalue weighted by molar-refractivity contribution is 5.89. The van der Waals surface area contributed by atoms with Gasteiger partial charge in [-0.25, -0.2) is 0 Å². The van der Waals surface area contributed by atoms with Crippen molar-refractivity contribution in [2.75, 3.05) is 6.61 Å². The lowest BCUT2D eigenvalue weighted by Crippen LogP contribution is -2.62. The number of nitrogens with two attached hydrogens (primary N) is 1. The second-order valence-electron chi connectivity index (χ2n) is 16.1. The van der Waals surface area contributed by atoms with Crippen molar-refractivity contribution in [2.45, 2.75) is 262 Å². The number of carbonyl (C=O) groups excluding carboxylic acids is 1. The molecule has 0 heterocycles. The monoisotopic (exact) mass is 726 g/mol. The molecule has 304 valence electrons. The molecule has 0 spiro atoms. The van der Waals surface area contributed by atoms with Crippen molar-refractivity contribution in [3.8, 4) is 0 Å². The predicted octanol–water partition coefficient (Wildman–Crippen LogP) is 11.5. The molecule has 0 fully saturated rings. The first-order valence-corrected chi connectivity index (χ1v) is 22.3. The third-order valence-corrected chi connectivity index (χ3v) is 11.3. The normalized spacial score (nSPS) is 13.8. The van der Waals surface area contributed by atoms with Crippen molar-refractivity contribution in [1.29, 1.82) is 0 Å². The van der Waals surface area contributed by atoms with E-state index in [0.29, 0.717) is 12.8 Å². The molecule has 0 aromatic carbocycles. The third kappa shape index (κ3) is 26.4. The summed E-state index contributed by atoms with van der Waals surface area (Å²) in [6.07, 6.45) is 39.6. The molecular weight excluding hydrogens is 638 g/mol. The van der Waals surface area contributed by atoms with Gasteiger partial charge in [-0.1, -0.05) is 219 Å². The summed E-state index contributed by atoms with van der Waals surface area (Å²) in [5.74, 6) is -1.94. The Kier molecular flexibility index (Phi) is 34.0. The Balaban J connectivity index is 4.50. The summed E-state index contributed by atoms with van der Waals surface area (Å²) >= 11 is 0. The minimum Gasteiger partial charge on any atom is -0.480 e. The van der Waals surface area contributed by atoms with Gasteiger partial charge in [-0.15, -0.1) is 0 Å². The van der Waals surface area contributed by atoms with E-state index in [1.165, 1.54) is 154 Å². The van der Waals surface area contributed by atoms with Crippen molar-refractivity contribution >= 4 is 11.8 Å². The fourth-order valence-corrected chi connectivity index (χ4v) is 7.58. The maximum Gasteiger partial charge on any atom is 0.320 e. The Labute approximate surface area is 315 Å². The van der Waals surface area contributed by atoms with Crippen molar-refractivity contribution < 1.29 is 30.0 Å². The van der Waals surface area contributed by atoms with E-state index < -0.39 is 35.6 Å². The molecule has 0 bridgehead atoms. The molecule has 7 heteroatoms. The van der Waals surface area contributed by atoms with Crippen molar-refractivity contribution in [2.24, 2.45) is 5.73 Å². The van der Waals surface area contributed by atoms with Crippen LogP contribution in [0.3, 0.4) is 0 Å². The first-order valence-electron chi connectivity index (χ1n) is 22.3. The molecule has 2 atom stereocenters. The molecular formula is C44H87NO6. The van der Waals surface area contributed by atoms with E-state index in [1.807, 2.05) is 0 Å². The van der Waals surface area contributed by atoms with E-state index >= 15 is 0 Å². The lowest BCUT2D eigenvalue weighted by atomic mass is 9.72. The molecule has 0 radical (unpaired) electrons. The number of hydrogen-bond donors (Lipinski definition) is 5. The zero-order valence-electron chi connectivity index (χ0n) is 33.9. The Morgan fingerprint density at radius 2 is 0.745 bits per heavy atom. The largest absolute Gasteiger partial charge is 0.480 e. The highest BCUT2D eigenvalue weighted by Gasteiger charge is 2.52. The number of hydrogen-bond acceptors (Lipinski definition) is 6. The molecule has 0 aromatic heterocycles. The van der Waals surface area contributed by atoms with Gasteiger partial charge in [-0.2, -0.15) is 0 Å². The van der Waals surface area contributed by atoms with E-state index in [0.717, 1.165) is 38.5 Å². The summed E-state index contributed by atoms with van der Waals surface area (Å²) in [5, 5.41) is 42.7. The van der Waals surface area contributed by atoms with Crippen LogP contribution in [0.4, 0.5) is 0 Å². The Morgan fingerprint density at radius 3 is 0.980 bits per heavy atom. The maximum atomic E-state index is 13.2. The van der Waals surface area contributed by atoms with Crippen LogP contribution in [0, 0.1) is 0 Å². The first kappa shape index (κ1) is 50.0. The number of aliphatic hydroxyl groups excluding tert-OH is 1. The van der Waals surface area contributed by atoms with Crippen LogP contribution >= 0.6 is 0 Å². The quantitative estimate of drug-likeness (QED) is 0.0395. The van der Waals surface area contributed by atoms with Crippen LogP contribution in [-0.4, -0.2) is 56.0 Å². The number of carboxylic acids is 1. The average molecular weight is 726 g/mol. The fourth-order valence-electron chi connectivity index (χ4n) is 7.58. The fraction of sp³-hybridized carbons (Fsp3) is 0.955. The highest BCUT2D eigenvalue weighted by Crippen LogP contribution is 2.35. The van der Waals surface area contributed by atoms with Crippen LogP contribution in [0.2, 0.25) is 0 Å². The standard InChI is InChI=1S/C44H87NO6/c1-3-5-7-9-11-13-15-17-19-21-23-25-27-29-31-33-37-43(50,44(51,39-46)41(47)36-35-40(45)42(48)49)38-34-32-30-28-26-24-22-20-18-16-14-12-10-8-6-4-2/h40,46,50-51H,3-39,45H2,1-2H3,(H,48,49)/t40-,44?/m0/s1. The predicted molar refractivity (Wildman–Crippen MR) is 215 cm³/mol. The second-order valence-corrected chi connectivity index (χ2v) is 16.1. The van der Waals surface area contributed by atoms with E-state index in [4.69, 9.17) is 10.8 Å². The molecule has 0 saturated heterocycles. The SMILES string of the molecule is CCCCCCCCCCCCCCCCCCC(O)(CCCCCCCCCCCCCCCCCC)C(O)(CO)C(=O)CC[C@H](N)C(=O)O. The Bertz CT molecular complexity index is 756. The van der Waals surface area contributed by atoms with Crippen LogP contribution in [-0.2, 0) is 9.59 Å². The number of unbranched alkanes of at least 4 members (excludes halogenated alkanes) is 30. The van der Waals surface area contributed by atoms with E-state index in [9.17, 15) is 24.9 Å². The van der Waals surface area contributed by atoms with Gasteiger partial charge >= 0.3 is 5.97 Å². The van der Waals surface area contributed by atoms with Crippen LogP contribution in [0.15, 0.2) is 0 Å². The molecule has 1 unspecified atom stereocenters. The molecule has 6 N–H and O–H groups in total. The second kappa shape index (κ2) is 34.7. The number of aliphatic carboxylic acids is 1. The number of aliphatic hydroxyl groups is 3. The summed E-state index contributed by atoms with van der Waals surface area (Å²) in [6.45, 7) is 3.64. The van der Waals surface area contributed by atoms with Crippen molar-refractivity contribution in [3.05, 3.63) is 0 Å². The van der Waals surface area contributed by atoms with Gasteiger partial charge in [0.2, 0.25) is 0 Å². The number of Topliss-reactive ketones (excluding diaryl/α,β-unsaturated/α-hetero) is 1. The first-order chi connectivity index (χ1) is 24.7. The van der Waals surface area contributed by atoms with Crippen LogP contribution < -0.4 is 5.73 Å². The van der Waals surface area contributed by atoms with Gasteiger partial charge in [0.15, 0.2) is 11.4 Å². The van der Waals surface area contributed by atoms with Gasteiger partial charge < -0.3 is 26.2 Å². The molecule has 0 amide bonds. The van der Waals surface area contributed by atoms with E-state index in [-0.39, 0.29) is 25.7 Å². The molecule has 0 aliphatic heterocycles. The zero-order chi connectivity index (χ0) is 37.9. The molecule has 0 rings (SSSR count). The maximum absolute atomic E-state index is 13.2. The minimum atomic E-state index is -2.32. The van der Waals surface area contributed by atoms with Gasteiger partial charge in [0.1, 0.15) is 11.6 Å². The molecule has 0 aliphatic carbocycles. The molecule has 51 heavy (non-hydrogen) atoms. The summed E-state index contributed by atoms with van der Waals surface area (Å²) in [5.41, 5.74) is 1.53. The van der Waals surface area contributed by atoms with Gasteiger partial charge in [0.25, 0.3) is 0 Å². The van der Waals surface area contributed by atoms with Crippen LogP contribution in [0.25, 0.3) is 0 Å². The highest BCUT2D eigenvalue weighted by atomic mass is 16.4. The Morgan fingerprint density at radius 1 is 0.490 bits per heavy atom. The number of ketones is 1. The van der Waals surface area contributed by atoms with Crippen molar-refractivity contribution in [1.82, 2.24) is 0 Å². The summed E-state index contributed by atoms with van der Waals surface area (Å²) in [7, 11) is 0. The van der Waals surface area contributed by atoms with Crippen LogP contribution in [0.5, 0.6) is 0 Å². The van der Waals surface area contributed by atoms with Crippen molar-refractivity contribution in [3.63, 3.8) is 0 Å². The smallest absolute Gasteiger partial charge is 0.320 e. The minimum absolute atomic E-state index is 0.148. The van der Waals surface area contributed by atoms with Gasteiger partial charge in [-0.05, 0) is 19.3 Å². The summed E-state index contributed by atoms with van der Waals surface area (Å²) < 4.78 is 0. The number of rotatable bonds is 41. The molecule has 7 nitrogen and oxygen atoms in total. The number of carbonyl (C=O) groups is 2. The summed E-state index contributed by atoms with van der Waals surface area (Å²) in [4.78, 5) is 24.4. The topological polar surface area (TPSA) is 141 Å². The number of carboxylic acid groups (broad SMARTS) is 1.